The predicted molar refractivity (Wildman–Crippen MR) is 113 cm³/mol. The fourth-order valence-electron chi connectivity index (χ4n) is 3.96. The van der Waals surface area contributed by atoms with Gasteiger partial charge in [-0.3, -0.25) is 9.59 Å². The molecule has 2 heterocycles. The minimum absolute atomic E-state index is 0.0472. The van der Waals surface area contributed by atoms with Gasteiger partial charge in [-0.15, -0.1) is 0 Å². The van der Waals surface area contributed by atoms with Crippen molar-refractivity contribution in [2.24, 2.45) is 0 Å². The second-order valence-electron chi connectivity index (χ2n) is 7.31. The van der Waals surface area contributed by atoms with Crippen LogP contribution in [0.25, 0.3) is 21.7 Å². The molecule has 5 rings (SSSR count). The number of para-hydroxylation sites is 1. The molecule has 2 amide bonds. The van der Waals surface area contributed by atoms with Gasteiger partial charge in [0, 0.05) is 18.5 Å². The molecule has 1 aromatic heterocycles. The molecular formula is C24H20N2O3. The summed E-state index contributed by atoms with van der Waals surface area (Å²) in [6, 6.07) is 20.7. The third-order valence-electron chi connectivity index (χ3n) is 5.45. The molecule has 144 valence electrons. The molecule has 0 unspecified atom stereocenters. The minimum Gasteiger partial charge on any atom is -0.451 e. The Hall–Kier alpha value is -3.60. The van der Waals surface area contributed by atoms with Crippen LogP contribution in [0, 0.1) is 0 Å². The Kier molecular flexibility index (Phi) is 4.28. The molecule has 5 nitrogen and oxygen atoms in total. The first-order valence-electron chi connectivity index (χ1n) is 9.82. The topological polar surface area (TPSA) is 62.6 Å². The lowest BCUT2D eigenvalue weighted by Gasteiger charge is -2.17. The van der Waals surface area contributed by atoms with Crippen LogP contribution in [0.5, 0.6) is 0 Å². The van der Waals surface area contributed by atoms with Crippen molar-refractivity contribution in [2.75, 3.05) is 18.4 Å². The van der Waals surface area contributed by atoms with Gasteiger partial charge < -0.3 is 14.6 Å². The highest BCUT2D eigenvalue weighted by Gasteiger charge is 2.23. The highest BCUT2D eigenvalue weighted by molar-refractivity contribution is 6.12. The number of likely N-dealkylation sites (tertiary alicyclic amines) is 1. The van der Waals surface area contributed by atoms with E-state index in [-0.39, 0.29) is 17.6 Å². The summed E-state index contributed by atoms with van der Waals surface area (Å²) in [6.45, 7) is 1.52. The second kappa shape index (κ2) is 7.09. The van der Waals surface area contributed by atoms with Crippen molar-refractivity contribution in [3.8, 4) is 0 Å². The van der Waals surface area contributed by atoms with E-state index in [4.69, 9.17) is 4.42 Å². The monoisotopic (exact) mass is 384 g/mol. The maximum absolute atomic E-state index is 12.9. The highest BCUT2D eigenvalue weighted by atomic mass is 16.3. The van der Waals surface area contributed by atoms with E-state index >= 15 is 0 Å². The molecule has 0 aliphatic carbocycles. The summed E-state index contributed by atoms with van der Waals surface area (Å²) in [5, 5.41) is 5.89. The molecule has 0 radical (unpaired) electrons. The molecule has 5 heteroatoms. The average Bonchev–Trinajstić information content (AvgIpc) is 3.44. The Morgan fingerprint density at radius 3 is 2.48 bits per heavy atom. The number of hydrogen-bond donors (Lipinski definition) is 1. The maximum atomic E-state index is 12.9. The van der Waals surface area contributed by atoms with E-state index in [0.29, 0.717) is 16.8 Å². The fourth-order valence-corrected chi connectivity index (χ4v) is 3.96. The van der Waals surface area contributed by atoms with Gasteiger partial charge in [-0.1, -0.05) is 42.5 Å². The van der Waals surface area contributed by atoms with Crippen LogP contribution in [0.4, 0.5) is 5.69 Å². The van der Waals surface area contributed by atoms with E-state index in [9.17, 15) is 9.59 Å². The third-order valence-corrected chi connectivity index (χ3v) is 5.45. The molecule has 1 aliphatic rings. The summed E-state index contributed by atoms with van der Waals surface area (Å²) >= 11 is 0. The Morgan fingerprint density at radius 1 is 0.862 bits per heavy atom. The minimum atomic E-state index is -0.369. The van der Waals surface area contributed by atoms with Crippen LogP contribution < -0.4 is 5.32 Å². The summed E-state index contributed by atoms with van der Waals surface area (Å²) in [4.78, 5) is 27.5. The first-order valence-corrected chi connectivity index (χ1v) is 9.82. The number of carbonyl (C=O) groups is 2. The van der Waals surface area contributed by atoms with Crippen molar-refractivity contribution in [3.05, 3.63) is 78.1 Å². The normalized spacial score (nSPS) is 13.9. The van der Waals surface area contributed by atoms with Gasteiger partial charge in [0.1, 0.15) is 5.58 Å². The van der Waals surface area contributed by atoms with Crippen molar-refractivity contribution >= 4 is 39.2 Å². The lowest BCUT2D eigenvalue weighted by Crippen LogP contribution is -2.28. The van der Waals surface area contributed by atoms with Crippen LogP contribution >= 0.6 is 0 Å². The van der Waals surface area contributed by atoms with Gasteiger partial charge in [0.2, 0.25) is 0 Å². The summed E-state index contributed by atoms with van der Waals surface area (Å²) in [5.74, 6) is -0.194. The van der Waals surface area contributed by atoms with Gasteiger partial charge in [0.05, 0.1) is 11.3 Å². The number of benzene rings is 3. The van der Waals surface area contributed by atoms with E-state index in [0.717, 1.165) is 42.1 Å². The number of rotatable bonds is 3. The number of furan rings is 1. The molecule has 29 heavy (non-hydrogen) atoms. The summed E-state index contributed by atoms with van der Waals surface area (Å²) in [6.07, 6.45) is 2.04. The zero-order valence-corrected chi connectivity index (χ0v) is 15.9. The maximum Gasteiger partial charge on any atom is 0.291 e. The zero-order chi connectivity index (χ0) is 19.8. The molecular weight excluding hydrogens is 364 g/mol. The molecule has 1 saturated heterocycles. The predicted octanol–water partition coefficient (Wildman–Crippen LogP) is 5.07. The first-order chi connectivity index (χ1) is 14.2. The summed E-state index contributed by atoms with van der Waals surface area (Å²) in [7, 11) is 0. The molecule has 1 fully saturated rings. The largest absolute Gasteiger partial charge is 0.451 e. The molecule has 0 atom stereocenters. The van der Waals surface area contributed by atoms with E-state index in [1.54, 1.807) is 18.2 Å². The van der Waals surface area contributed by atoms with Crippen LogP contribution in [0.1, 0.15) is 33.8 Å². The van der Waals surface area contributed by atoms with Crippen molar-refractivity contribution in [3.63, 3.8) is 0 Å². The van der Waals surface area contributed by atoms with E-state index in [2.05, 4.69) is 5.32 Å². The van der Waals surface area contributed by atoms with Gasteiger partial charge in [-0.25, -0.2) is 0 Å². The van der Waals surface area contributed by atoms with Gasteiger partial charge in [-0.2, -0.15) is 0 Å². The lowest BCUT2D eigenvalue weighted by atomic mass is 10.1. The smallest absolute Gasteiger partial charge is 0.291 e. The molecule has 1 N–H and O–H groups in total. The highest BCUT2D eigenvalue weighted by Crippen LogP contribution is 2.29. The Balaban J connectivity index is 1.46. The van der Waals surface area contributed by atoms with Gasteiger partial charge in [0.25, 0.3) is 11.8 Å². The number of nitrogens with zero attached hydrogens (tertiary/aromatic N) is 1. The molecule has 3 aromatic carbocycles. The molecule has 1 aliphatic heterocycles. The van der Waals surface area contributed by atoms with Gasteiger partial charge in [-0.05, 0) is 47.9 Å². The Labute approximate surface area is 167 Å². The standard InChI is InChI=1S/C24H20N2O3/c27-23(22-15-19-17-8-2-1-7-16(17)11-12-21(19)29-22)25-20-10-4-3-9-18(20)24(28)26-13-5-6-14-26/h1-4,7-12,15H,5-6,13-14H2,(H,25,27). The first kappa shape index (κ1) is 17.5. The van der Waals surface area contributed by atoms with E-state index < -0.39 is 0 Å². The van der Waals surface area contributed by atoms with Crippen LogP contribution in [0.3, 0.4) is 0 Å². The molecule has 0 bridgehead atoms. The third kappa shape index (κ3) is 3.14. The van der Waals surface area contributed by atoms with Crippen LogP contribution in [0.15, 0.2) is 71.1 Å². The number of amides is 2. The lowest BCUT2D eigenvalue weighted by molar-refractivity contribution is 0.0794. The van der Waals surface area contributed by atoms with E-state index in [1.165, 1.54) is 0 Å². The fraction of sp³-hybridized carbons (Fsp3) is 0.167. The number of fused-ring (bicyclic) bond motifs is 3. The quantitative estimate of drug-likeness (QED) is 0.536. The summed E-state index contributed by atoms with van der Waals surface area (Å²) in [5.41, 5.74) is 1.67. The van der Waals surface area contributed by atoms with Crippen molar-refractivity contribution in [1.29, 1.82) is 0 Å². The molecule has 0 spiro atoms. The number of anilines is 1. The van der Waals surface area contributed by atoms with Crippen molar-refractivity contribution in [1.82, 2.24) is 4.90 Å². The number of hydrogen-bond acceptors (Lipinski definition) is 3. The Bertz CT molecular complexity index is 1240. The average molecular weight is 384 g/mol. The zero-order valence-electron chi connectivity index (χ0n) is 15.9. The van der Waals surface area contributed by atoms with Crippen LogP contribution in [-0.2, 0) is 0 Å². The Morgan fingerprint density at radius 2 is 1.62 bits per heavy atom. The summed E-state index contributed by atoms with van der Waals surface area (Å²) < 4.78 is 5.80. The SMILES string of the molecule is O=C(Nc1ccccc1C(=O)N1CCCC1)c1cc2c(ccc3ccccc32)o1. The molecule has 4 aromatic rings. The second-order valence-corrected chi connectivity index (χ2v) is 7.31. The van der Waals surface area contributed by atoms with E-state index in [1.807, 2.05) is 53.4 Å². The number of carbonyl (C=O) groups excluding carboxylic acids is 2. The number of nitrogens with one attached hydrogen (secondary N) is 1. The van der Waals surface area contributed by atoms with Crippen molar-refractivity contribution < 1.29 is 14.0 Å². The van der Waals surface area contributed by atoms with Gasteiger partial charge >= 0.3 is 0 Å². The molecule has 0 saturated carbocycles. The van der Waals surface area contributed by atoms with Crippen molar-refractivity contribution in [2.45, 2.75) is 12.8 Å². The van der Waals surface area contributed by atoms with Crippen LogP contribution in [-0.4, -0.2) is 29.8 Å². The van der Waals surface area contributed by atoms with Crippen LogP contribution in [0.2, 0.25) is 0 Å². The van der Waals surface area contributed by atoms with Gasteiger partial charge in [0.15, 0.2) is 5.76 Å².